The van der Waals surface area contributed by atoms with Crippen molar-refractivity contribution in [1.29, 1.82) is 0 Å². The fourth-order valence-electron chi connectivity index (χ4n) is 6.03. The van der Waals surface area contributed by atoms with Crippen LogP contribution in [0.2, 0.25) is 0 Å². The Kier molecular flexibility index (Phi) is 23.2. The Morgan fingerprint density at radius 1 is 0.535 bits per heavy atom. The van der Waals surface area contributed by atoms with Crippen molar-refractivity contribution in [2.24, 2.45) is 0 Å². The molecule has 4 N–H and O–H groups in total. The van der Waals surface area contributed by atoms with E-state index >= 15 is 0 Å². The first-order valence-electron chi connectivity index (χ1n) is 17.8. The predicted octanol–water partition coefficient (Wildman–Crippen LogP) is 8.20. The van der Waals surface area contributed by atoms with E-state index < -0.39 is 0 Å². The molecule has 2 aromatic rings. The molecule has 0 aromatic heterocycles. The van der Waals surface area contributed by atoms with Crippen molar-refractivity contribution < 1.29 is 10.2 Å². The van der Waals surface area contributed by atoms with Crippen molar-refractivity contribution in [2.75, 3.05) is 45.9 Å². The molecule has 244 valence electrons. The minimum Gasteiger partial charge on any atom is -0.394 e. The molecule has 0 heterocycles. The molecule has 2 rings (SSSR count). The number of rotatable bonds is 29. The molecule has 0 radical (unpaired) electrons. The van der Waals surface area contributed by atoms with Gasteiger partial charge in [-0.25, -0.2) is 0 Å². The number of benzene rings is 2. The highest BCUT2D eigenvalue weighted by Crippen LogP contribution is 2.20. The summed E-state index contributed by atoms with van der Waals surface area (Å²) in [5, 5.41) is 27.4. The highest BCUT2D eigenvalue weighted by molar-refractivity contribution is 5.20. The van der Waals surface area contributed by atoms with Gasteiger partial charge in [0.2, 0.25) is 0 Å². The van der Waals surface area contributed by atoms with Crippen LogP contribution in [-0.4, -0.2) is 61.1 Å². The molecule has 0 fully saturated rings. The quantitative estimate of drug-likeness (QED) is 0.0714. The zero-order valence-corrected chi connectivity index (χ0v) is 27.5. The molecule has 2 aromatic carbocycles. The molecule has 0 spiro atoms. The van der Waals surface area contributed by atoms with Gasteiger partial charge in [0.05, 0.1) is 25.3 Å². The smallest absolute Gasteiger partial charge is 0.0628 e. The molecule has 0 saturated heterocycles. The maximum absolute atomic E-state index is 10.3. The summed E-state index contributed by atoms with van der Waals surface area (Å²) in [5.74, 6) is 0. The Balaban J connectivity index is 1.56. The number of nitrogens with one attached hydrogen (secondary N) is 2. The summed E-state index contributed by atoms with van der Waals surface area (Å²) in [5.41, 5.74) is 2.24. The van der Waals surface area contributed by atoms with E-state index in [9.17, 15) is 10.2 Å². The van der Waals surface area contributed by atoms with Crippen molar-refractivity contribution in [3.63, 3.8) is 0 Å². The van der Waals surface area contributed by atoms with Gasteiger partial charge in [0.25, 0.3) is 0 Å². The highest BCUT2D eigenvalue weighted by Gasteiger charge is 2.20. The zero-order valence-electron chi connectivity index (χ0n) is 27.5. The Hall–Kier alpha value is -1.76. The first-order valence-corrected chi connectivity index (χ1v) is 17.8. The third-order valence-electron chi connectivity index (χ3n) is 8.76. The third-order valence-corrected chi connectivity index (χ3v) is 8.76. The van der Waals surface area contributed by atoms with Crippen LogP contribution in [0.25, 0.3) is 0 Å². The molecule has 0 aliphatic carbocycles. The summed E-state index contributed by atoms with van der Waals surface area (Å²) in [6.45, 7) is 6.81. The van der Waals surface area contributed by atoms with Crippen LogP contribution in [0.3, 0.4) is 0 Å². The summed E-state index contributed by atoms with van der Waals surface area (Å²) in [4.78, 5) is 2.36. The summed E-state index contributed by atoms with van der Waals surface area (Å²) < 4.78 is 0. The van der Waals surface area contributed by atoms with Gasteiger partial charge in [0.15, 0.2) is 0 Å². The van der Waals surface area contributed by atoms with Crippen molar-refractivity contribution >= 4 is 0 Å². The topological polar surface area (TPSA) is 67.8 Å². The molecule has 43 heavy (non-hydrogen) atoms. The molecular formula is C38H65N3O2. The number of nitrogens with zero attached hydrogens (tertiary/aromatic N) is 1. The zero-order chi connectivity index (χ0) is 30.6. The lowest BCUT2D eigenvalue weighted by Gasteiger charge is -2.32. The van der Waals surface area contributed by atoms with Gasteiger partial charge >= 0.3 is 0 Å². The Morgan fingerprint density at radius 3 is 1.49 bits per heavy atom. The molecule has 5 nitrogen and oxygen atoms in total. The standard InChI is InChI=1S/C38H65N3O2/c1-2-3-4-5-6-7-8-9-10-11-12-13-14-15-16-23-28-39-29-31-41(38(34-43)36-26-21-18-22-27-36)32-30-40-37(33-42)35-24-19-17-20-25-35/h17-22,24-27,37-40,42-43H,2-16,23,28-34H2,1H3. The minimum absolute atomic E-state index is 0.0374. The average molecular weight is 596 g/mol. The van der Waals surface area contributed by atoms with Crippen LogP contribution in [0.1, 0.15) is 133 Å². The molecular weight excluding hydrogens is 530 g/mol. The van der Waals surface area contributed by atoms with Crippen LogP contribution in [0.5, 0.6) is 0 Å². The first-order chi connectivity index (χ1) is 21.3. The van der Waals surface area contributed by atoms with E-state index in [2.05, 4.69) is 46.7 Å². The van der Waals surface area contributed by atoms with Gasteiger partial charge in [-0.05, 0) is 24.1 Å². The number of unbranched alkanes of at least 4 members (excludes halogenated alkanes) is 15. The average Bonchev–Trinajstić information content (AvgIpc) is 3.05. The van der Waals surface area contributed by atoms with Crippen LogP contribution in [0.15, 0.2) is 60.7 Å². The van der Waals surface area contributed by atoms with Gasteiger partial charge in [0, 0.05) is 26.2 Å². The fraction of sp³-hybridized carbons (Fsp3) is 0.684. The number of hydrogen-bond acceptors (Lipinski definition) is 5. The summed E-state index contributed by atoms with van der Waals surface area (Å²) in [7, 11) is 0. The van der Waals surface area contributed by atoms with E-state index in [0.717, 1.165) is 43.9 Å². The Labute approximate surface area is 264 Å². The largest absolute Gasteiger partial charge is 0.394 e. The van der Waals surface area contributed by atoms with Gasteiger partial charge in [0.1, 0.15) is 0 Å². The van der Waals surface area contributed by atoms with E-state index in [0.29, 0.717) is 0 Å². The van der Waals surface area contributed by atoms with Crippen LogP contribution < -0.4 is 10.6 Å². The van der Waals surface area contributed by atoms with Crippen LogP contribution in [-0.2, 0) is 0 Å². The normalized spacial score (nSPS) is 13.0. The molecule has 0 aliphatic rings. The summed E-state index contributed by atoms with van der Waals surface area (Å²) >= 11 is 0. The predicted molar refractivity (Wildman–Crippen MR) is 185 cm³/mol. The van der Waals surface area contributed by atoms with Crippen molar-refractivity contribution in [3.05, 3.63) is 71.8 Å². The summed E-state index contributed by atoms with van der Waals surface area (Å²) in [6, 6.07) is 20.3. The SMILES string of the molecule is CCCCCCCCCCCCCCCCCCNCCN(CCNC(CO)c1ccccc1)C(CO)c1ccccc1. The molecule has 0 bridgehead atoms. The Bertz CT molecular complexity index is 851. The van der Waals surface area contributed by atoms with E-state index in [1.54, 1.807) is 0 Å². The van der Waals surface area contributed by atoms with E-state index in [1.165, 1.54) is 103 Å². The molecule has 0 aliphatic heterocycles. The second kappa shape index (κ2) is 26.6. The fourth-order valence-corrected chi connectivity index (χ4v) is 6.03. The second-order valence-electron chi connectivity index (χ2n) is 12.3. The van der Waals surface area contributed by atoms with Gasteiger partial charge in [-0.2, -0.15) is 0 Å². The van der Waals surface area contributed by atoms with Crippen molar-refractivity contribution in [2.45, 2.75) is 122 Å². The second-order valence-corrected chi connectivity index (χ2v) is 12.3. The molecule has 5 heteroatoms. The van der Waals surface area contributed by atoms with E-state index in [-0.39, 0.29) is 25.3 Å². The van der Waals surface area contributed by atoms with Crippen LogP contribution in [0.4, 0.5) is 0 Å². The highest BCUT2D eigenvalue weighted by atomic mass is 16.3. The monoisotopic (exact) mass is 596 g/mol. The lowest BCUT2D eigenvalue weighted by atomic mass is 10.0. The van der Waals surface area contributed by atoms with Crippen LogP contribution in [0, 0.1) is 0 Å². The first kappa shape index (κ1) is 37.4. The third kappa shape index (κ3) is 18.0. The van der Waals surface area contributed by atoms with E-state index in [1.807, 2.05) is 36.4 Å². The van der Waals surface area contributed by atoms with Crippen molar-refractivity contribution in [3.8, 4) is 0 Å². The molecule has 0 amide bonds. The van der Waals surface area contributed by atoms with E-state index in [4.69, 9.17) is 0 Å². The van der Waals surface area contributed by atoms with Gasteiger partial charge in [-0.15, -0.1) is 0 Å². The number of hydrogen-bond donors (Lipinski definition) is 4. The number of aliphatic hydroxyl groups excluding tert-OH is 2. The van der Waals surface area contributed by atoms with Crippen molar-refractivity contribution in [1.82, 2.24) is 15.5 Å². The van der Waals surface area contributed by atoms with Gasteiger partial charge in [-0.3, -0.25) is 4.90 Å². The lowest BCUT2D eigenvalue weighted by molar-refractivity contribution is 0.121. The van der Waals surface area contributed by atoms with Gasteiger partial charge < -0.3 is 20.8 Å². The summed E-state index contributed by atoms with van der Waals surface area (Å²) in [6.07, 6.45) is 22.4. The molecule has 2 atom stereocenters. The Morgan fingerprint density at radius 2 is 1.00 bits per heavy atom. The number of aliphatic hydroxyl groups is 2. The lowest BCUT2D eigenvalue weighted by Crippen LogP contribution is -2.41. The maximum atomic E-state index is 10.3. The molecule has 0 saturated carbocycles. The van der Waals surface area contributed by atoms with Gasteiger partial charge in [-0.1, -0.05) is 164 Å². The van der Waals surface area contributed by atoms with Crippen LogP contribution >= 0.6 is 0 Å². The molecule has 2 unspecified atom stereocenters. The minimum atomic E-state index is -0.0830. The maximum Gasteiger partial charge on any atom is 0.0628 e.